The number of amides is 1. The van der Waals surface area contributed by atoms with E-state index in [2.05, 4.69) is 31.7 Å². The third-order valence-electron chi connectivity index (χ3n) is 5.06. The second-order valence-electron chi connectivity index (χ2n) is 6.81. The number of carbonyl (C=O) groups excluding carboxylic acids is 1. The molecule has 1 fully saturated rings. The summed E-state index contributed by atoms with van der Waals surface area (Å²) in [5.41, 5.74) is 1.43. The van der Waals surface area contributed by atoms with Crippen molar-refractivity contribution in [3.05, 3.63) is 72.8 Å². The molecule has 29 heavy (non-hydrogen) atoms. The lowest BCUT2D eigenvalue weighted by molar-refractivity contribution is 0.0740. The number of aromatic nitrogens is 3. The van der Waals surface area contributed by atoms with Crippen LogP contribution in [0.3, 0.4) is 0 Å². The summed E-state index contributed by atoms with van der Waals surface area (Å²) in [5.74, 6) is 1.60. The van der Waals surface area contributed by atoms with Crippen LogP contribution in [0.5, 0.6) is 0 Å². The Bertz CT molecular complexity index is 925. The summed E-state index contributed by atoms with van der Waals surface area (Å²) in [6, 6.07) is 15.9. The number of anilines is 3. The molecule has 1 aromatic carbocycles. The van der Waals surface area contributed by atoms with Crippen LogP contribution in [0, 0.1) is 0 Å². The van der Waals surface area contributed by atoms with E-state index in [0.717, 1.165) is 37.0 Å². The average molecular weight is 388 g/mol. The first-order valence-electron chi connectivity index (χ1n) is 9.86. The molecule has 0 radical (unpaired) electrons. The van der Waals surface area contributed by atoms with Crippen LogP contribution in [0.4, 0.5) is 17.3 Å². The van der Waals surface area contributed by atoms with E-state index in [0.29, 0.717) is 18.8 Å². The van der Waals surface area contributed by atoms with Gasteiger partial charge in [-0.25, -0.2) is 15.0 Å². The molecule has 3 heterocycles. The van der Waals surface area contributed by atoms with Crippen molar-refractivity contribution >= 4 is 23.2 Å². The summed E-state index contributed by atoms with van der Waals surface area (Å²) >= 11 is 0. The number of carbonyl (C=O) groups is 1. The Balaban J connectivity index is 1.41. The standard InChI is InChI=1S/C22H24N6O/c1-2-28(18-8-4-3-5-9-18)21-17-24-19(16-25-21)22(29)27-14-12-26(13-15-27)20-10-6-7-11-23-20/h3-11,16-17H,2,12-15H2,1H3. The fourth-order valence-electron chi connectivity index (χ4n) is 3.50. The fourth-order valence-corrected chi connectivity index (χ4v) is 3.50. The van der Waals surface area contributed by atoms with Gasteiger partial charge in [-0.15, -0.1) is 0 Å². The quantitative estimate of drug-likeness (QED) is 0.670. The Morgan fingerprint density at radius 1 is 0.931 bits per heavy atom. The van der Waals surface area contributed by atoms with E-state index >= 15 is 0 Å². The lowest BCUT2D eigenvalue weighted by Gasteiger charge is -2.35. The van der Waals surface area contributed by atoms with Gasteiger partial charge in [0.1, 0.15) is 11.5 Å². The summed E-state index contributed by atoms with van der Waals surface area (Å²) < 4.78 is 0. The molecule has 2 aromatic heterocycles. The number of piperazine rings is 1. The number of benzene rings is 1. The Morgan fingerprint density at radius 2 is 1.69 bits per heavy atom. The van der Waals surface area contributed by atoms with Crippen molar-refractivity contribution in [2.45, 2.75) is 6.92 Å². The van der Waals surface area contributed by atoms with Gasteiger partial charge in [0, 0.05) is 44.6 Å². The third kappa shape index (κ3) is 4.18. The Labute approximate surface area is 170 Å². The van der Waals surface area contributed by atoms with E-state index in [1.165, 1.54) is 0 Å². The van der Waals surface area contributed by atoms with Crippen LogP contribution < -0.4 is 9.80 Å². The molecule has 0 saturated carbocycles. The van der Waals surface area contributed by atoms with E-state index < -0.39 is 0 Å². The van der Waals surface area contributed by atoms with Gasteiger partial charge in [0.25, 0.3) is 5.91 Å². The van der Waals surface area contributed by atoms with Crippen molar-refractivity contribution < 1.29 is 4.79 Å². The SMILES string of the molecule is CCN(c1ccccc1)c1cnc(C(=O)N2CCN(c3ccccn3)CC2)cn1. The minimum atomic E-state index is -0.0764. The Kier molecular flexibility index (Phi) is 5.65. The molecule has 0 atom stereocenters. The third-order valence-corrected chi connectivity index (χ3v) is 5.06. The molecule has 0 unspecified atom stereocenters. The van der Waals surface area contributed by atoms with Gasteiger partial charge in [0.05, 0.1) is 12.4 Å². The van der Waals surface area contributed by atoms with Crippen LogP contribution in [0.15, 0.2) is 67.1 Å². The molecule has 0 N–H and O–H groups in total. The van der Waals surface area contributed by atoms with E-state index in [-0.39, 0.29) is 5.91 Å². The van der Waals surface area contributed by atoms with Gasteiger partial charge in [0.2, 0.25) is 0 Å². The summed E-state index contributed by atoms with van der Waals surface area (Å²) in [7, 11) is 0. The van der Waals surface area contributed by atoms with Crippen LogP contribution in [-0.2, 0) is 0 Å². The normalized spacial score (nSPS) is 14.0. The van der Waals surface area contributed by atoms with Crippen LogP contribution in [0.2, 0.25) is 0 Å². The molecule has 148 valence electrons. The maximum atomic E-state index is 12.8. The van der Waals surface area contributed by atoms with Crippen LogP contribution >= 0.6 is 0 Å². The molecule has 0 bridgehead atoms. The molecular weight excluding hydrogens is 364 g/mol. The van der Waals surface area contributed by atoms with Crippen molar-refractivity contribution in [2.24, 2.45) is 0 Å². The first-order valence-corrected chi connectivity index (χ1v) is 9.86. The zero-order chi connectivity index (χ0) is 20.1. The summed E-state index contributed by atoms with van der Waals surface area (Å²) in [4.78, 5) is 32.2. The highest BCUT2D eigenvalue weighted by molar-refractivity contribution is 5.92. The largest absolute Gasteiger partial charge is 0.353 e. The molecule has 4 rings (SSSR count). The topological polar surface area (TPSA) is 65.5 Å². The maximum Gasteiger partial charge on any atom is 0.274 e. The van der Waals surface area contributed by atoms with Crippen LogP contribution in [0.1, 0.15) is 17.4 Å². The molecule has 0 aliphatic carbocycles. The first kappa shape index (κ1) is 18.9. The molecular formula is C22H24N6O. The molecule has 7 heteroatoms. The lowest BCUT2D eigenvalue weighted by atomic mass is 10.2. The zero-order valence-electron chi connectivity index (χ0n) is 16.5. The van der Waals surface area contributed by atoms with Crippen LogP contribution in [-0.4, -0.2) is 58.5 Å². The van der Waals surface area contributed by atoms with Crippen molar-refractivity contribution in [1.29, 1.82) is 0 Å². The number of hydrogen-bond donors (Lipinski definition) is 0. The van der Waals surface area contributed by atoms with Gasteiger partial charge in [-0.05, 0) is 31.2 Å². The van der Waals surface area contributed by atoms with Crippen LogP contribution in [0.25, 0.3) is 0 Å². The maximum absolute atomic E-state index is 12.8. The molecule has 3 aromatic rings. The highest BCUT2D eigenvalue weighted by Gasteiger charge is 2.24. The second kappa shape index (κ2) is 8.68. The minimum absolute atomic E-state index is 0.0764. The second-order valence-corrected chi connectivity index (χ2v) is 6.81. The van der Waals surface area contributed by atoms with E-state index in [1.807, 2.05) is 53.4 Å². The molecule has 1 aliphatic rings. The van der Waals surface area contributed by atoms with Gasteiger partial charge in [-0.2, -0.15) is 0 Å². The summed E-state index contributed by atoms with van der Waals surface area (Å²) in [5, 5.41) is 0. The van der Waals surface area contributed by atoms with E-state index in [9.17, 15) is 4.79 Å². The van der Waals surface area contributed by atoms with Crippen molar-refractivity contribution in [1.82, 2.24) is 19.9 Å². The van der Waals surface area contributed by atoms with Gasteiger partial charge in [0.15, 0.2) is 5.82 Å². The number of hydrogen-bond acceptors (Lipinski definition) is 6. The minimum Gasteiger partial charge on any atom is -0.353 e. The number of nitrogens with zero attached hydrogens (tertiary/aromatic N) is 6. The smallest absolute Gasteiger partial charge is 0.274 e. The highest BCUT2D eigenvalue weighted by Crippen LogP contribution is 2.22. The fraction of sp³-hybridized carbons (Fsp3) is 0.273. The zero-order valence-corrected chi connectivity index (χ0v) is 16.5. The predicted octanol–water partition coefficient (Wildman–Crippen LogP) is 2.99. The summed E-state index contributed by atoms with van der Waals surface area (Å²) in [6.45, 7) is 5.63. The van der Waals surface area contributed by atoms with Crippen molar-refractivity contribution in [3.8, 4) is 0 Å². The first-order chi connectivity index (χ1) is 14.3. The van der Waals surface area contributed by atoms with Gasteiger partial charge < -0.3 is 14.7 Å². The number of rotatable bonds is 5. The number of pyridine rings is 1. The van der Waals surface area contributed by atoms with Crippen molar-refractivity contribution in [3.63, 3.8) is 0 Å². The monoisotopic (exact) mass is 388 g/mol. The predicted molar refractivity (Wildman–Crippen MR) is 114 cm³/mol. The molecule has 1 amide bonds. The Hall–Kier alpha value is -3.48. The lowest BCUT2D eigenvalue weighted by Crippen LogP contribution is -2.49. The summed E-state index contributed by atoms with van der Waals surface area (Å²) in [6.07, 6.45) is 5.04. The van der Waals surface area contributed by atoms with Crippen molar-refractivity contribution in [2.75, 3.05) is 42.5 Å². The van der Waals surface area contributed by atoms with E-state index in [4.69, 9.17) is 0 Å². The van der Waals surface area contributed by atoms with E-state index in [1.54, 1.807) is 18.6 Å². The van der Waals surface area contributed by atoms with Gasteiger partial charge in [-0.1, -0.05) is 24.3 Å². The molecule has 0 spiro atoms. The molecule has 1 aliphatic heterocycles. The average Bonchev–Trinajstić information content (AvgIpc) is 2.81. The van der Waals surface area contributed by atoms with Gasteiger partial charge in [-0.3, -0.25) is 4.79 Å². The number of para-hydroxylation sites is 1. The van der Waals surface area contributed by atoms with Gasteiger partial charge >= 0.3 is 0 Å². The molecule has 7 nitrogen and oxygen atoms in total. The molecule has 1 saturated heterocycles. The highest BCUT2D eigenvalue weighted by atomic mass is 16.2. The Morgan fingerprint density at radius 3 is 2.31 bits per heavy atom.